The van der Waals surface area contributed by atoms with Crippen LogP contribution in [0.3, 0.4) is 0 Å². The van der Waals surface area contributed by atoms with Gasteiger partial charge in [0.1, 0.15) is 10.6 Å². The molecule has 3 aliphatic rings. The lowest BCUT2D eigenvalue weighted by atomic mass is 10.1. The Kier molecular flexibility index (Phi) is 5.17. The molecule has 2 saturated carbocycles. The predicted molar refractivity (Wildman–Crippen MR) is 124 cm³/mol. The lowest BCUT2D eigenvalue weighted by Crippen LogP contribution is -2.55. The van der Waals surface area contributed by atoms with E-state index in [1.54, 1.807) is 16.7 Å². The van der Waals surface area contributed by atoms with Gasteiger partial charge in [0, 0.05) is 36.9 Å². The SMILES string of the molecule is CC1(NS(=O)(=O)c2cc(N3CCN[C@@H]4CCC[C@@H]43)c3ncc(-c4nnc(C(F)F)s4)n3c2)CC1. The quantitative estimate of drug-likeness (QED) is 0.527. The number of hydrogen-bond acceptors (Lipinski definition) is 8. The Morgan fingerprint density at radius 3 is 2.85 bits per heavy atom. The number of sulfonamides is 1. The number of rotatable bonds is 6. The summed E-state index contributed by atoms with van der Waals surface area (Å²) < 4.78 is 57.5. The first-order valence-corrected chi connectivity index (χ1v) is 13.7. The highest BCUT2D eigenvalue weighted by molar-refractivity contribution is 7.89. The van der Waals surface area contributed by atoms with Crippen molar-refractivity contribution < 1.29 is 17.2 Å². The van der Waals surface area contributed by atoms with E-state index in [1.807, 2.05) is 6.92 Å². The van der Waals surface area contributed by atoms with Crippen LogP contribution in [0.25, 0.3) is 16.3 Å². The van der Waals surface area contributed by atoms with Gasteiger partial charge in [-0.15, -0.1) is 10.2 Å². The summed E-state index contributed by atoms with van der Waals surface area (Å²) in [4.78, 5) is 6.96. The van der Waals surface area contributed by atoms with E-state index in [-0.39, 0.29) is 21.0 Å². The molecule has 1 aliphatic heterocycles. The fourth-order valence-electron chi connectivity index (χ4n) is 5.05. The molecule has 0 amide bonds. The molecule has 182 valence electrons. The molecule has 0 aromatic carbocycles. The van der Waals surface area contributed by atoms with Crippen LogP contribution in [0.5, 0.6) is 0 Å². The minimum Gasteiger partial charge on any atom is -0.363 e. The van der Waals surface area contributed by atoms with Crippen molar-refractivity contribution in [3.8, 4) is 10.7 Å². The van der Waals surface area contributed by atoms with Crippen molar-refractivity contribution in [2.45, 2.75) is 68.0 Å². The third-order valence-electron chi connectivity index (χ3n) is 7.05. The first kappa shape index (κ1) is 22.3. The van der Waals surface area contributed by atoms with Crippen molar-refractivity contribution >= 4 is 32.7 Å². The van der Waals surface area contributed by atoms with Gasteiger partial charge in [0.15, 0.2) is 15.7 Å². The normalized spacial score (nSPS) is 24.2. The summed E-state index contributed by atoms with van der Waals surface area (Å²) in [6.45, 7) is 3.41. The van der Waals surface area contributed by atoms with Crippen LogP contribution in [0, 0.1) is 0 Å². The highest BCUT2D eigenvalue weighted by atomic mass is 32.2. The summed E-state index contributed by atoms with van der Waals surface area (Å²) >= 11 is 0.782. The van der Waals surface area contributed by atoms with E-state index in [4.69, 9.17) is 0 Å². The molecule has 0 radical (unpaired) electrons. The van der Waals surface area contributed by atoms with Crippen molar-refractivity contribution in [3.63, 3.8) is 0 Å². The summed E-state index contributed by atoms with van der Waals surface area (Å²) in [6.07, 6.45) is 5.12. The molecule has 0 unspecified atom stereocenters. The number of aromatic nitrogens is 4. The summed E-state index contributed by atoms with van der Waals surface area (Å²) in [5, 5.41) is 11.0. The number of imidazole rings is 1. The van der Waals surface area contributed by atoms with Gasteiger partial charge in [-0.05, 0) is 45.1 Å². The van der Waals surface area contributed by atoms with E-state index in [9.17, 15) is 17.2 Å². The first-order valence-electron chi connectivity index (χ1n) is 11.4. The monoisotopic (exact) mass is 509 g/mol. The topological polar surface area (TPSA) is 105 Å². The van der Waals surface area contributed by atoms with Gasteiger partial charge in [-0.3, -0.25) is 4.40 Å². The molecule has 13 heteroatoms. The molecule has 34 heavy (non-hydrogen) atoms. The summed E-state index contributed by atoms with van der Waals surface area (Å²) in [7, 11) is -3.81. The van der Waals surface area contributed by atoms with Crippen LogP contribution < -0.4 is 14.9 Å². The van der Waals surface area contributed by atoms with Crippen LogP contribution in [-0.4, -0.2) is 58.7 Å². The second-order valence-corrected chi connectivity index (χ2v) is 12.3. The number of fused-ring (bicyclic) bond motifs is 2. The maximum Gasteiger partial charge on any atom is 0.291 e. The number of piperazine rings is 1. The molecule has 0 bridgehead atoms. The van der Waals surface area contributed by atoms with Crippen LogP contribution >= 0.6 is 11.3 Å². The number of alkyl halides is 2. The standard InChI is InChI=1S/C21H25F2N7O2S2/c1-21(5-6-21)28-34(31,32)12-9-15(29-8-7-24-13-3-2-4-14(13)29)18-25-10-16(30(18)11-12)19-26-27-20(33-19)17(22)23/h9-11,13-14,17,24,28H,2-8H2,1H3/t13-,14+/m1/s1. The van der Waals surface area contributed by atoms with Crippen molar-refractivity contribution in [3.05, 3.63) is 23.5 Å². The molecule has 6 rings (SSSR count). The average Bonchev–Trinajstić information content (AvgIpc) is 3.26. The van der Waals surface area contributed by atoms with Gasteiger partial charge >= 0.3 is 0 Å². The fraction of sp³-hybridized carbons (Fsp3) is 0.571. The van der Waals surface area contributed by atoms with Gasteiger partial charge in [-0.1, -0.05) is 11.3 Å². The number of hydrogen-bond donors (Lipinski definition) is 2. The second kappa shape index (κ2) is 7.90. The number of nitrogens with zero attached hydrogens (tertiary/aromatic N) is 5. The lowest BCUT2D eigenvalue weighted by molar-refractivity contribution is 0.150. The number of halogens is 2. The van der Waals surface area contributed by atoms with E-state index in [2.05, 4.69) is 30.1 Å². The molecule has 4 heterocycles. The van der Waals surface area contributed by atoms with Gasteiger partial charge in [-0.2, -0.15) is 0 Å². The zero-order valence-corrected chi connectivity index (χ0v) is 20.2. The van der Waals surface area contributed by atoms with E-state index >= 15 is 0 Å². The molecule has 2 aliphatic carbocycles. The molecule has 3 fully saturated rings. The van der Waals surface area contributed by atoms with Crippen LogP contribution in [0.4, 0.5) is 14.5 Å². The van der Waals surface area contributed by atoms with Crippen molar-refractivity contribution in [1.82, 2.24) is 29.6 Å². The van der Waals surface area contributed by atoms with Gasteiger partial charge in [0.2, 0.25) is 10.0 Å². The number of anilines is 1. The van der Waals surface area contributed by atoms with E-state index in [1.165, 1.54) is 6.20 Å². The summed E-state index contributed by atoms with van der Waals surface area (Å²) in [5.41, 5.74) is 1.32. The fourth-order valence-corrected chi connectivity index (χ4v) is 7.24. The van der Waals surface area contributed by atoms with Crippen LogP contribution in [0.1, 0.15) is 50.5 Å². The third-order valence-corrected chi connectivity index (χ3v) is 9.61. The van der Waals surface area contributed by atoms with Gasteiger partial charge in [0.05, 0.1) is 11.9 Å². The molecule has 0 spiro atoms. The maximum atomic E-state index is 13.4. The Hall–Kier alpha value is -2.22. The molecule has 2 N–H and O–H groups in total. The van der Waals surface area contributed by atoms with E-state index < -0.39 is 22.0 Å². The highest BCUT2D eigenvalue weighted by Crippen LogP contribution is 2.39. The zero-order valence-electron chi connectivity index (χ0n) is 18.5. The summed E-state index contributed by atoms with van der Waals surface area (Å²) in [6, 6.07) is 2.30. The molecule has 2 atom stereocenters. The van der Waals surface area contributed by atoms with Crippen molar-refractivity contribution in [2.24, 2.45) is 0 Å². The van der Waals surface area contributed by atoms with Gasteiger partial charge in [-0.25, -0.2) is 26.9 Å². The zero-order chi connectivity index (χ0) is 23.7. The second-order valence-electron chi connectivity index (χ2n) is 9.56. The van der Waals surface area contributed by atoms with Gasteiger partial charge < -0.3 is 10.2 Å². The lowest BCUT2D eigenvalue weighted by Gasteiger charge is -2.40. The molecular formula is C21H25F2N7O2S2. The van der Waals surface area contributed by atoms with E-state index in [0.29, 0.717) is 17.4 Å². The highest BCUT2D eigenvalue weighted by Gasteiger charge is 2.42. The Bertz CT molecular complexity index is 1350. The van der Waals surface area contributed by atoms with Crippen LogP contribution in [-0.2, 0) is 10.0 Å². The molecule has 9 nitrogen and oxygen atoms in total. The van der Waals surface area contributed by atoms with Crippen LogP contribution in [0.15, 0.2) is 23.4 Å². The predicted octanol–water partition coefficient (Wildman–Crippen LogP) is 2.95. The summed E-state index contributed by atoms with van der Waals surface area (Å²) in [5.74, 6) is 0. The largest absolute Gasteiger partial charge is 0.363 e. The minimum atomic E-state index is -3.81. The Labute approximate surface area is 199 Å². The van der Waals surface area contributed by atoms with Gasteiger partial charge in [0.25, 0.3) is 6.43 Å². The smallest absolute Gasteiger partial charge is 0.291 e. The maximum absolute atomic E-state index is 13.4. The minimum absolute atomic E-state index is 0.119. The number of nitrogens with one attached hydrogen (secondary N) is 2. The molecular weight excluding hydrogens is 484 g/mol. The first-order chi connectivity index (χ1) is 16.2. The third kappa shape index (κ3) is 3.78. The average molecular weight is 510 g/mol. The number of pyridine rings is 1. The Morgan fingerprint density at radius 2 is 2.12 bits per heavy atom. The molecule has 1 saturated heterocycles. The van der Waals surface area contributed by atoms with Crippen molar-refractivity contribution in [1.29, 1.82) is 0 Å². The van der Waals surface area contributed by atoms with Crippen molar-refractivity contribution in [2.75, 3.05) is 18.0 Å². The Morgan fingerprint density at radius 1 is 1.29 bits per heavy atom. The molecule has 3 aromatic heterocycles. The van der Waals surface area contributed by atoms with E-state index in [0.717, 1.165) is 62.2 Å². The Balaban J connectivity index is 1.51. The molecule has 3 aromatic rings. The van der Waals surface area contributed by atoms with Crippen LogP contribution in [0.2, 0.25) is 0 Å².